The molecule has 5 nitrogen and oxygen atoms in total. The zero-order valence-corrected chi connectivity index (χ0v) is 9.06. The first-order chi connectivity index (χ1) is 7.36. The van der Waals surface area contributed by atoms with Crippen molar-refractivity contribution in [2.75, 3.05) is 31.6 Å². The van der Waals surface area contributed by atoms with Crippen LogP contribution in [0.1, 0.15) is 12.8 Å². The summed E-state index contributed by atoms with van der Waals surface area (Å²) in [5.41, 5.74) is 0. The van der Waals surface area contributed by atoms with Gasteiger partial charge >= 0.3 is 0 Å². The Morgan fingerprint density at radius 2 is 2.53 bits per heavy atom. The van der Waals surface area contributed by atoms with Crippen molar-refractivity contribution in [1.29, 1.82) is 0 Å². The van der Waals surface area contributed by atoms with E-state index < -0.39 is 0 Å². The minimum Gasteiger partial charge on any atom is -0.357 e. The number of hydrogen-bond acceptors (Lipinski definition) is 5. The topological polar surface area (TPSA) is 53.9 Å². The molecule has 1 aliphatic heterocycles. The van der Waals surface area contributed by atoms with Crippen molar-refractivity contribution in [3.8, 4) is 0 Å². The van der Waals surface area contributed by atoms with Crippen LogP contribution in [0.5, 0.6) is 0 Å². The van der Waals surface area contributed by atoms with Crippen molar-refractivity contribution in [2.45, 2.75) is 12.8 Å². The highest BCUT2D eigenvalue weighted by atomic mass is 15.3. The number of anilines is 1. The lowest BCUT2D eigenvalue weighted by Crippen LogP contribution is -2.37. The van der Waals surface area contributed by atoms with Gasteiger partial charge in [0, 0.05) is 13.6 Å². The summed E-state index contributed by atoms with van der Waals surface area (Å²) in [7, 11) is 2.04. The van der Waals surface area contributed by atoms with E-state index in [1.165, 1.54) is 19.2 Å². The molecule has 0 aromatic carbocycles. The standard InChI is InChI=1S/C10H17N5/c1-15(10-6-12-8-13-14-10)7-9-3-2-4-11-5-9/h6,8-9,11H,2-5,7H2,1H3. The first kappa shape index (κ1) is 10.3. The molecule has 1 aromatic rings. The predicted molar refractivity (Wildman–Crippen MR) is 58.7 cm³/mol. The smallest absolute Gasteiger partial charge is 0.169 e. The number of rotatable bonds is 3. The van der Waals surface area contributed by atoms with Crippen molar-refractivity contribution in [3.05, 3.63) is 12.5 Å². The lowest BCUT2D eigenvalue weighted by atomic mass is 9.99. The largest absolute Gasteiger partial charge is 0.357 e. The third-order valence-electron chi connectivity index (χ3n) is 2.79. The number of aromatic nitrogens is 3. The van der Waals surface area contributed by atoms with Crippen LogP contribution in [-0.4, -0.2) is 41.9 Å². The van der Waals surface area contributed by atoms with Crippen LogP contribution in [-0.2, 0) is 0 Å². The lowest BCUT2D eigenvalue weighted by molar-refractivity contribution is 0.380. The second-order valence-electron chi connectivity index (χ2n) is 4.06. The summed E-state index contributed by atoms with van der Waals surface area (Å²) in [4.78, 5) is 6.09. The molecule has 1 fully saturated rings. The summed E-state index contributed by atoms with van der Waals surface area (Å²) in [5, 5.41) is 11.2. The summed E-state index contributed by atoms with van der Waals surface area (Å²) >= 11 is 0. The molecule has 1 N–H and O–H groups in total. The maximum atomic E-state index is 4.04. The maximum Gasteiger partial charge on any atom is 0.169 e. The molecule has 1 atom stereocenters. The molecule has 1 saturated heterocycles. The van der Waals surface area contributed by atoms with Gasteiger partial charge in [0.15, 0.2) is 5.82 Å². The Labute approximate surface area is 89.9 Å². The SMILES string of the molecule is CN(CC1CCCNC1)c1cncnn1. The zero-order chi connectivity index (χ0) is 10.5. The summed E-state index contributed by atoms with van der Waals surface area (Å²) < 4.78 is 0. The number of hydrogen-bond donors (Lipinski definition) is 1. The van der Waals surface area contributed by atoms with Crippen molar-refractivity contribution in [1.82, 2.24) is 20.5 Å². The van der Waals surface area contributed by atoms with E-state index in [0.29, 0.717) is 5.92 Å². The molecule has 0 amide bonds. The van der Waals surface area contributed by atoms with E-state index in [9.17, 15) is 0 Å². The average molecular weight is 207 g/mol. The van der Waals surface area contributed by atoms with Gasteiger partial charge in [0.25, 0.3) is 0 Å². The Morgan fingerprint density at radius 1 is 1.60 bits per heavy atom. The van der Waals surface area contributed by atoms with E-state index >= 15 is 0 Å². The summed E-state index contributed by atoms with van der Waals surface area (Å²) in [6.07, 6.45) is 5.78. The summed E-state index contributed by atoms with van der Waals surface area (Å²) in [6, 6.07) is 0. The number of piperidine rings is 1. The molecule has 2 rings (SSSR count). The number of nitrogens with one attached hydrogen (secondary N) is 1. The van der Waals surface area contributed by atoms with Crippen LogP contribution in [0, 0.1) is 5.92 Å². The van der Waals surface area contributed by atoms with Gasteiger partial charge in [-0.05, 0) is 31.8 Å². The van der Waals surface area contributed by atoms with Gasteiger partial charge in [0.05, 0.1) is 6.20 Å². The summed E-state index contributed by atoms with van der Waals surface area (Å²) in [6.45, 7) is 3.29. The first-order valence-electron chi connectivity index (χ1n) is 5.41. The second-order valence-corrected chi connectivity index (χ2v) is 4.06. The van der Waals surface area contributed by atoms with E-state index in [0.717, 1.165) is 25.5 Å². The van der Waals surface area contributed by atoms with Crippen molar-refractivity contribution < 1.29 is 0 Å². The van der Waals surface area contributed by atoms with Crippen molar-refractivity contribution >= 4 is 5.82 Å². The van der Waals surface area contributed by atoms with E-state index in [4.69, 9.17) is 0 Å². The number of nitrogens with zero attached hydrogens (tertiary/aromatic N) is 4. The fraction of sp³-hybridized carbons (Fsp3) is 0.700. The summed E-state index contributed by atoms with van der Waals surface area (Å²) in [5.74, 6) is 1.56. The lowest BCUT2D eigenvalue weighted by Gasteiger charge is -2.27. The fourth-order valence-electron chi connectivity index (χ4n) is 1.98. The molecule has 82 valence electrons. The predicted octanol–water partition coefficient (Wildman–Crippen LogP) is 0.307. The highest BCUT2D eigenvalue weighted by Crippen LogP contribution is 2.13. The molecule has 0 spiro atoms. The Hall–Kier alpha value is -1.23. The normalized spacial score (nSPS) is 21.3. The molecule has 0 bridgehead atoms. The fourth-order valence-corrected chi connectivity index (χ4v) is 1.98. The van der Waals surface area contributed by atoms with Gasteiger partial charge in [-0.3, -0.25) is 0 Å². The molecule has 15 heavy (non-hydrogen) atoms. The molecule has 0 aliphatic carbocycles. The third-order valence-corrected chi connectivity index (χ3v) is 2.79. The van der Waals surface area contributed by atoms with Gasteiger partial charge < -0.3 is 10.2 Å². The minimum absolute atomic E-state index is 0.714. The van der Waals surface area contributed by atoms with Crippen LogP contribution in [0.2, 0.25) is 0 Å². The Kier molecular flexibility index (Phi) is 3.45. The Morgan fingerprint density at radius 3 is 3.20 bits per heavy atom. The molecule has 0 radical (unpaired) electrons. The van der Waals surface area contributed by atoms with E-state index in [-0.39, 0.29) is 0 Å². The van der Waals surface area contributed by atoms with Gasteiger partial charge in [0.2, 0.25) is 0 Å². The Bertz CT molecular complexity index is 283. The third kappa shape index (κ3) is 2.86. The molecule has 2 heterocycles. The molecule has 1 aliphatic rings. The van der Waals surface area contributed by atoms with Gasteiger partial charge in [-0.25, -0.2) is 4.98 Å². The zero-order valence-electron chi connectivity index (χ0n) is 9.06. The van der Waals surface area contributed by atoms with Crippen LogP contribution in [0.15, 0.2) is 12.5 Å². The highest BCUT2D eigenvalue weighted by Gasteiger charge is 2.15. The Balaban J connectivity index is 1.88. The van der Waals surface area contributed by atoms with Gasteiger partial charge in [-0.2, -0.15) is 0 Å². The molecular weight excluding hydrogens is 190 g/mol. The van der Waals surface area contributed by atoms with Crippen molar-refractivity contribution in [2.24, 2.45) is 5.92 Å². The molecule has 0 saturated carbocycles. The minimum atomic E-state index is 0.714. The quantitative estimate of drug-likeness (QED) is 0.773. The van der Waals surface area contributed by atoms with E-state index in [1.807, 2.05) is 7.05 Å². The van der Waals surface area contributed by atoms with Crippen LogP contribution in [0.25, 0.3) is 0 Å². The molecule has 5 heteroatoms. The average Bonchev–Trinajstić information content (AvgIpc) is 2.31. The maximum absolute atomic E-state index is 4.04. The molecule has 1 aromatic heterocycles. The first-order valence-corrected chi connectivity index (χ1v) is 5.41. The molecule has 1 unspecified atom stereocenters. The monoisotopic (exact) mass is 207 g/mol. The van der Waals surface area contributed by atoms with Gasteiger partial charge in [0.1, 0.15) is 6.33 Å². The van der Waals surface area contributed by atoms with Crippen LogP contribution >= 0.6 is 0 Å². The highest BCUT2D eigenvalue weighted by molar-refractivity contribution is 5.32. The van der Waals surface area contributed by atoms with Gasteiger partial charge in [-0.15, -0.1) is 10.2 Å². The van der Waals surface area contributed by atoms with Crippen LogP contribution in [0.4, 0.5) is 5.82 Å². The second kappa shape index (κ2) is 5.02. The van der Waals surface area contributed by atoms with E-state index in [1.54, 1.807) is 6.20 Å². The molecular formula is C10H17N5. The van der Waals surface area contributed by atoms with E-state index in [2.05, 4.69) is 25.4 Å². The van der Waals surface area contributed by atoms with Gasteiger partial charge in [-0.1, -0.05) is 0 Å². The van der Waals surface area contributed by atoms with Crippen LogP contribution in [0.3, 0.4) is 0 Å². The van der Waals surface area contributed by atoms with Crippen LogP contribution < -0.4 is 10.2 Å². The van der Waals surface area contributed by atoms with Crippen molar-refractivity contribution in [3.63, 3.8) is 0 Å².